The highest BCUT2D eigenvalue weighted by molar-refractivity contribution is 5.74. The molecule has 0 saturated heterocycles. The maximum Gasteiger partial charge on any atom is 0.308 e. The van der Waals surface area contributed by atoms with Crippen LogP contribution in [0.3, 0.4) is 0 Å². The lowest BCUT2D eigenvalue weighted by molar-refractivity contribution is -0.145. The van der Waals surface area contributed by atoms with E-state index in [1.54, 1.807) is 0 Å². The number of unbranched alkanes of at least 4 members (excludes halogenated alkanes) is 2. The number of benzene rings is 1. The topological polar surface area (TPSA) is 78.9 Å². The first-order valence-corrected chi connectivity index (χ1v) is 11.6. The van der Waals surface area contributed by atoms with Gasteiger partial charge >= 0.3 is 17.9 Å². The molecule has 6 heteroatoms. The number of carbonyl (C=O) groups is 3. The second kappa shape index (κ2) is 11.8. The maximum atomic E-state index is 12.0. The first-order chi connectivity index (χ1) is 15.5. The predicted octanol–water partition coefficient (Wildman–Crippen LogP) is 5.83. The summed E-state index contributed by atoms with van der Waals surface area (Å²) in [6, 6.07) is 3.74. The molecule has 1 aromatic carbocycles. The van der Waals surface area contributed by atoms with Crippen molar-refractivity contribution in [3.05, 3.63) is 47.1 Å². The van der Waals surface area contributed by atoms with Crippen molar-refractivity contribution >= 4 is 17.9 Å². The minimum absolute atomic E-state index is 0.104. The van der Waals surface area contributed by atoms with Gasteiger partial charge in [-0.15, -0.1) is 0 Å². The summed E-state index contributed by atoms with van der Waals surface area (Å²) < 4.78 is 16.8. The third kappa shape index (κ3) is 7.31. The minimum atomic E-state index is -0.447. The third-order valence-corrected chi connectivity index (χ3v) is 5.87. The van der Waals surface area contributed by atoms with Crippen LogP contribution in [0, 0.1) is 5.92 Å². The second-order valence-electron chi connectivity index (χ2n) is 8.87. The summed E-state index contributed by atoms with van der Waals surface area (Å²) in [5, 5.41) is 0. The number of hydrogen-bond acceptors (Lipinski definition) is 6. The molecule has 3 atom stereocenters. The van der Waals surface area contributed by atoms with E-state index in [1.807, 2.05) is 32.1 Å². The van der Waals surface area contributed by atoms with Crippen molar-refractivity contribution in [2.45, 2.75) is 85.7 Å². The zero-order valence-corrected chi connectivity index (χ0v) is 20.7. The van der Waals surface area contributed by atoms with Gasteiger partial charge in [0.1, 0.15) is 17.6 Å². The zero-order valence-electron chi connectivity index (χ0n) is 20.7. The van der Waals surface area contributed by atoms with E-state index in [9.17, 15) is 14.4 Å². The zero-order chi connectivity index (χ0) is 24.7. The fourth-order valence-electron chi connectivity index (χ4n) is 4.39. The smallest absolute Gasteiger partial charge is 0.308 e. The molecule has 0 bridgehead atoms. The molecule has 0 saturated carbocycles. The van der Waals surface area contributed by atoms with Crippen LogP contribution in [0.25, 0.3) is 0 Å². The van der Waals surface area contributed by atoms with Crippen LogP contribution in [0.15, 0.2) is 35.9 Å². The Kier molecular flexibility index (Phi) is 9.44. The molecule has 1 aliphatic rings. The molecule has 0 aliphatic heterocycles. The molecule has 33 heavy (non-hydrogen) atoms. The monoisotopic (exact) mass is 456 g/mol. The van der Waals surface area contributed by atoms with Crippen LogP contribution in [0.5, 0.6) is 11.5 Å². The standard InChI is InChI=1S/C27H36O6/c1-8-9-10-11-21-13-25(32-19(6)29)27(26(14-21)33-20(7)30)23-12-17(4)24(31-18(5)28)15-22(23)16(2)3/h12-14,22-24H,2,8-11,15H2,1,3-7H3/t22-,23+,24?/m0/s1. The van der Waals surface area contributed by atoms with Gasteiger partial charge < -0.3 is 14.2 Å². The Labute approximate surface area is 197 Å². The number of aryl methyl sites for hydroxylation is 1. The van der Waals surface area contributed by atoms with Gasteiger partial charge in [-0.2, -0.15) is 0 Å². The van der Waals surface area contributed by atoms with Crippen molar-refractivity contribution in [2.24, 2.45) is 5.92 Å². The summed E-state index contributed by atoms with van der Waals surface area (Å²) in [7, 11) is 0. The van der Waals surface area contributed by atoms with E-state index in [0.717, 1.165) is 42.4 Å². The predicted molar refractivity (Wildman–Crippen MR) is 127 cm³/mol. The van der Waals surface area contributed by atoms with Crippen LogP contribution in [-0.2, 0) is 25.5 Å². The lowest BCUT2D eigenvalue weighted by Crippen LogP contribution is -2.30. The number of ether oxygens (including phenoxy) is 3. The first kappa shape index (κ1) is 26.4. The molecule has 0 spiro atoms. The average Bonchev–Trinajstić information content (AvgIpc) is 2.68. The largest absolute Gasteiger partial charge is 0.458 e. The van der Waals surface area contributed by atoms with Gasteiger partial charge in [0.25, 0.3) is 0 Å². The highest BCUT2D eigenvalue weighted by Crippen LogP contribution is 2.48. The molecule has 1 aromatic rings. The molecular formula is C27H36O6. The first-order valence-electron chi connectivity index (χ1n) is 11.6. The van der Waals surface area contributed by atoms with E-state index in [2.05, 4.69) is 13.5 Å². The molecule has 180 valence electrons. The Bertz CT molecular complexity index is 905. The van der Waals surface area contributed by atoms with Crippen molar-refractivity contribution in [1.82, 2.24) is 0 Å². The SMILES string of the molecule is C=C(C)[C@@H]1CC(OC(C)=O)C(C)=C[C@H]1c1c(OC(C)=O)cc(CCCCC)cc1OC(C)=O. The van der Waals surface area contributed by atoms with Crippen LogP contribution in [0.2, 0.25) is 0 Å². The van der Waals surface area contributed by atoms with Gasteiger partial charge in [0.05, 0.1) is 0 Å². The summed E-state index contributed by atoms with van der Waals surface area (Å²) in [5.41, 5.74) is 3.37. The van der Waals surface area contributed by atoms with E-state index in [0.29, 0.717) is 23.5 Å². The van der Waals surface area contributed by atoms with Crippen LogP contribution in [-0.4, -0.2) is 24.0 Å². The molecule has 0 amide bonds. The second-order valence-corrected chi connectivity index (χ2v) is 8.87. The molecule has 0 N–H and O–H groups in total. The Morgan fingerprint density at radius 1 is 0.970 bits per heavy atom. The summed E-state index contributed by atoms with van der Waals surface area (Å²) >= 11 is 0. The summed E-state index contributed by atoms with van der Waals surface area (Å²) in [6.07, 6.45) is 6.12. The van der Waals surface area contributed by atoms with Crippen LogP contribution >= 0.6 is 0 Å². The normalized spacial score (nSPS) is 19.9. The Morgan fingerprint density at radius 3 is 2.00 bits per heavy atom. The number of hydrogen-bond donors (Lipinski definition) is 0. The molecule has 0 heterocycles. The van der Waals surface area contributed by atoms with Gasteiger partial charge in [0, 0.05) is 32.3 Å². The van der Waals surface area contributed by atoms with Crippen LogP contribution in [0.4, 0.5) is 0 Å². The average molecular weight is 457 g/mol. The molecule has 0 aromatic heterocycles. The van der Waals surface area contributed by atoms with Gasteiger partial charge in [-0.05, 0) is 62.3 Å². The minimum Gasteiger partial charge on any atom is -0.458 e. The Balaban J connectivity index is 2.67. The van der Waals surface area contributed by atoms with Crippen molar-refractivity contribution < 1.29 is 28.6 Å². The van der Waals surface area contributed by atoms with Crippen molar-refractivity contribution in [2.75, 3.05) is 0 Å². The number of esters is 3. The van der Waals surface area contributed by atoms with Crippen molar-refractivity contribution in [3.8, 4) is 11.5 Å². The van der Waals surface area contributed by atoms with E-state index < -0.39 is 11.9 Å². The van der Waals surface area contributed by atoms with E-state index >= 15 is 0 Å². The lowest BCUT2D eigenvalue weighted by Gasteiger charge is -2.36. The highest BCUT2D eigenvalue weighted by Gasteiger charge is 2.36. The maximum absolute atomic E-state index is 12.0. The highest BCUT2D eigenvalue weighted by atomic mass is 16.5. The number of allylic oxidation sites excluding steroid dienone is 2. The van der Waals surface area contributed by atoms with E-state index in [-0.39, 0.29) is 23.9 Å². The summed E-state index contributed by atoms with van der Waals surface area (Å²) in [5.74, 6) is -0.827. The molecule has 2 rings (SSSR count). The van der Waals surface area contributed by atoms with Gasteiger partial charge in [-0.25, -0.2) is 0 Å². The quantitative estimate of drug-likeness (QED) is 0.201. The van der Waals surface area contributed by atoms with Crippen molar-refractivity contribution in [3.63, 3.8) is 0 Å². The Morgan fingerprint density at radius 2 is 1.55 bits per heavy atom. The van der Waals surface area contributed by atoms with Gasteiger partial charge in [0.15, 0.2) is 0 Å². The molecular weight excluding hydrogens is 420 g/mol. The molecule has 1 aliphatic carbocycles. The fraction of sp³-hybridized carbons (Fsp3) is 0.519. The summed E-state index contributed by atoms with van der Waals surface area (Å²) in [6.45, 7) is 14.2. The van der Waals surface area contributed by atoms with Crippen LogP contribution < -0.4 is 9.47 Å². The van der Waals surface area contributed by atoms with Crippen molar-refractivity contribution in [1.29, 1.82) is 0 Å². The van der Waals surface area contributed by atoms with Crippen LogP contribution in [0.1, 0.15) is 84.3 Å². The number of rotatable bonds is 9. The van der Waals surface area contributed by atoms with E-state index in [4.69, 9.17) is 14.2 Å². The molecule has 0 fully saturated rings. The molecule has 6 nitrogen and oxygen atoms in total. The fourth-order valence-corrected chi connectivity index (χ4v) is 4.39. The van der Waals surface area contributed by atoms with Gasteiger partial charge in [-0.3, -0.25) is 14.4 Å². The lowest BCUT2D eigenvalue weighted by atomic mass is 9.72. The molecule has 1 unspecified atom stereocenters. The van der Waals surface area contributed by atoms with Gasteiger partial charge in [0.2, 0.25) is 0 Å². The van der Waals surface area contributed by atoms with E-state index in [1.165, 1.54) is 20.8 Å². The van der Waals surface area contributed by atoms with Gasteiger partial charge in [-0.1, -0.05) is 38.0 Å². The number of carbonyl (C=O) groups excluding carboxylic acids is 3. The Hall–Kier alpha value is -2.89. The molecule has 0 radical (unpaired) electrons. The third-order valence-electron chi connectivity index (χ3n) is 5.87. The summed E-state index contributed by atoms with van der Waals surface area (Å²) in [4.78, 5) is 35.6.